The maximum absolute atomic E-state index is 4.07. The Morgan fingerprint density at radius 1 is 1.41 bits per heavy atom. The molecule has 0 unspecified atom stereocenters. The summed E-state index contributed by atoms with van der Waals surface area (Å²) >= 11 is 5.16. The van der Waals surface area contributed by atoms with Gasteiger partial charge in [-0.05, 0) is 18.2 Å². The fourth-order valence-electron chi connectivity index (χ4n) is 1.55. The molecule has 0 aliphatic carbocycles. The van der Waals surface area contributed by atoms with Gasteiger partial charge in [-0.15, -0.1) is 11.3 Å². The van der Waals surface area contributed by atoms with E-state index in [0.29, 0.717) is 0 Å². The van der Waals surface area contributed by atoms with Gasteiger partial charge in [0.1, 0.15) is 0 Å². The van der Waals surface area contributed by atoms with E-state index in [-0.39, 0.29) is 0 Å². The summed E-state index contributed by atoms with van der Waals surface area (Å²) in [6.45, 7) is 0.808. The molecule has 90 valence electrons. The Morgan fingerprint density at radius 3 is 2.88 bits per heavy atom. The molecule has 0 aliphatic heterocycles. The first-order chi connectivity index (χ1) is 8.16. The summed E-state index contributed by atoms with van der Waals surface area (Å²) in [6, 6.07) is 6.24. The maximum Gasteiger partial charge on any atom is 0.0794 e. The summed E-state index contributed by atoms with van der Waals surface area (Å²) in [5.41, 5.74) is 4.15. The quantitative estimate of drug-likeness (QED) is 0.935. The first-order valence-corrected chi connectivity index (χ1v) is 6.92. The molecule has 17 heavy (non-hydrogen) atoms. The average Bonchev–Trinajstić information content (AvgIpc) is 2.78. The van der Waals surface area contributed by atoms with Crippen LogP contribution in [0.4, 0.5) is 11.4 Å². The molecule has 0 radical (unpaired) electrons. The average molecular weight is 312 g/mol. The minimum atomic E-state index is 0.808. The lowest BCUT2D eigenvalue weighted by atomic mass is 10.2. The first-order valence-electron chi connectivity index (χ1n) is 5.25. The summed E-state index contributed by atoms with van der Waals surface area (Å²) in [7, 11) is 4.09. The van der Waals surface area contributed by atoms with Gasteiger partial charge in [0, 0.05) is 29.6 Å². The van der Waals surface area contributed by atoms with E-state index in [1.807, 2.05) is 31.9 Å². The van der Waals surface area contributed by atoms with Crippen molar-refractivity contribution >= 4 is 38.6 Å². The summed E-state index contributed by atoms with van der Waals surface area (Å²) < 4.78 is 1.08. The second-order valence-electron chi connectivity index (χ2n) is 3.88. The van der Waals surface area contributed by atoms with E-state index in [1.165, 1.54) is 10.6 Å². The van der Waals surface area contributed by atoms with Crippen LogP contribution in [0.1, 0.15) is 4.88 Å². The van der Waals surface area contributed by atoms with Gasteiger partial charge in [-0.3, -0.25) is 4.98 Å². The van der Waals surface area contributed by atoms with Crippen molar-refractivity contribution in [3.05, 3.63) is 39.3 Å². The number of thiazole rings is 1. The topological polar surface area (TPSA) is 28.2 Å². The predicted octanol–water partition coefficient (Wildman–Crippen LogP) is 3.58. The van der Waals surface area contributed by atoms with Gasteiger partial charge < -0.3 is 10.2 Å². The van der Waals surface area contributed by atoms with Crippen molar-refractivity contribution in [1.82, 2.24) is 4.98 Å². The highest BCUT2D eigenvalue weighted by atomic mass is 79.9. The van der Waals surface area contributed by atoms with Crippen LogP contribution in [-0.4, -0.2) is 19.1 Å². The Balaban J connectivity index is 2.16. The number of hydrogen-bond acceptors (Lipinski definition) is 4. The number of halogens is 1. The highest BCUT2D eigenvalue weighted by Crippen LogP contribution is 2.28. The first kappa shape index (κ1) is 12.4. The van der Waals surface area contributed by atoms with Crippen LogP contribution in [0.5, 0.6) is 0 Å². The molecule has 5 heteroatoms. The van der Waals surface area contributed by atoms with Crippen molar-refractivity contribution in [3.63, 3.8) is 0 Å². The van der Waals surface area contributed by atoms with Gasteiger partial charge in [0.15, 0.2) is 0 Å². The SMILES string of the molecule is CN(C)c1ccc(Br)cc1NCc1cncs1. The highest BCUT2D eigenvalue weighted by molar-refractivity contribution is 9.10. The fourth-order valence-corrected chi connectivity index (χ4v) is 2.45. The number of hydrogen-bond donors (Lipinski definition) is 1. The van der Waals surface area contributed by atoms with Gasteiger partial charge >= 0.3 is 0 Å². The van der Waals surface area contributed by atoms with E-state index in [9.17, 15) is 0 Å². The third-order valence-corrected chi connectivity index (χ3v) is 3.65. The van der Waals surface area contributed by atoms with Gasteiger partial charge in [-0.25, -0.2) is 0 Å². The molecular weight excluding hydrogens is 298 g/mol. The van der Waals surface area contributed by atoms with Crippen LogP contribution in [0, 0.1) is 0 Å². The molecular formula is C12H14BrN3S. The van der Waals surface area contributed by atoms with Crippen molar-refractivity contribution in [2.24, 2.45) is 0 Å². The third-order valence-electron chi connectivity index (χ3n) is 2.38. The van der Waals surface area contributed by atoms with Gasteiger partial charge in [-0.2, -0.15) is 0 Å². The molecule has 2 aromatic rings. The lowest BCUT2D eigenvalue weighted by Gasteiger charge is -2.18. The second kappa shape index (κ2) is 5.51. The molecule has 0 atom stereocenters. The van der Waals surface area contributed by atoms with Crippen molar-refractivity contribution in [1.29, 1.82) is 0 Å². The lowest BCUT2D eigenvalue weighted by Crippen LogP contribution is -2.12. The van der Waals surface area contributed by atoms with Crippen molar-refractivity contribution < 1.29 is 0 Å². The Bertz CT molecular complexity index is 483. The fraction of sp³-hybridized carbons (Fsp3) is 0.250. The standard InChI is InChI=1S/C12H14BrN3S/c1-16(2)12-4-3-9(13)5-11(12)15-7-10-6-14-8-17-10/h3-6,8,15H,7H2,1-2H3. The van der Waals surface area contributed by atoms with Gasteiger partial charge in [-0.1, -0.05) is 15.9 Å². The summed E-state index contributed by atoms with van der Waals surface area (Å²) in [5, 5.41) is 3.44. The van der Waals surface area contributed by atoms with Crippen molar-refractivity contribution in [2.45, 2.75) is 6.54 Å². The van der Waals surface area contributed by atoms with E-state index in [0.717, 1.165) is 16.7 Å². The Hall–Kier alpha value is -1.07. The smallest absolute Gasteiger partial charge is 0.0794 e. The number of aromatic nitrogens is 1. The molecule has 0 bridgehead atoms. The molecule has 0 saturated carbocycles. The number of benzene rings is 1. The van der Waals surface area contributed by atoms with E-state index >= 15 is 0 Å². The Kier molecular flexibility index (Phi) is 4.02. The zero-order valence-corrected chi connectivity index (χ0v) is 12.2. The van der Waals surface area contributed by atoms with E-state index < -0.39 is 0 Å². The van der Waals surface area contributed by atoms with Gasteiger partial charge in [0.05, 0.1) is 23.4 Å². The molecule has 2 rings (SSSR count). The van der Waals surface area contributed by atoms with Crippen molar-refractivity contribution in [2.75, 3.05) is 24.3 Å². The summed E-state index contributed by atoms with van der Waals surface area (Å²) in [4.78, 5) is 7.40. The highest BCUT2D eigenvalue weighted by Gasteiger charge is 2.05. The zero-order valence-electron chi connectivity index (χ0n) is 9.77. The number of rotatable bonds is 4. The van der Waals surface area contributed by atoms with Crippen LogP contribution >= 0.6 is 27.3 Å². The number of anilines is 2. The molecule has 0 spiro atoms. The normalized spacial score (nSPS) is 10.3. The lowest BCUT2D eigenvalue weighted by molar-refractivity contribution is 1.11. The van der Waals surface area contributed by atoms with E-state index in [4.69, 9.17) is 0 Å². The van der Waals surface area contributed by atoms with Crippen molar-refractivity contribution in [3.8, 4) is 0 Å². The van der Waals surface area contributed by atoms with Gasteiger partial charge in [0.2, 0.25) is 0 Å². The Morgan fingerprint density at radius 2 is 2.24 bits per heavy atom. The molecule has 0 fully saturated rings. The molecule has 1 aromatic carbocycles. The molecule has 1 N–H and O–H groups in total. The number of nitrogens with one attached hydrogen (secondary N) is 1. The third kappa shape index (κ3) is 3.20. The molecule has 0 amide bonds. The number of nitrogens with zero attached hydrogens (tertiary/aromatic N) is 2. The molecule has 3 nitrogen and oxygen atoms in total. The van der Waals surface area contributed by atoms with Crippen LogP contribution in [0.15, 0.2) is 34.4 Å². The molecule has 0 aliphatic rings. The van der Waals surface area contributed by atoms with Crippen LogP contribution in [0.3, 0.4) is 0 Å². The van der Waals surface area contributed by atoms with E-state index in [1.54, 1.807) is 11.3 Å². The molecule has 1 heterocycles. The van der Waals surface area contributed by atoms with Crippen LogP contribution in [0.2, 0.25) is 0 Å². The van der Waals surface area contributed by atoms with Gasteiger partial charge in [0.25, 0.3) is 0 Å². The summed E-state index contributed by atoms with van der Waals surface area (Å²) in [5.74, 6) is 0. The van der Waals surface area contributed by atoms with Crippen LogP contribution in [0.25, 0.3) is 0 Å². The zero-order chi connectivity index (χ0) is 12.3. The molecule has 1 aromatic heterocycles. The predicted molar refractivity (Wildman–Crippen MR) is 77.9 cm³/mol. The minimum absolute atomic E-state index is 0.808. The summed E-state index contributed by atoms with van der Waals surface area (Å²) in [6.07, 6.45) is 1.89. The Labute approximate surface area is 114 Å². The van der Waals surface area contributed by atoms with Crippen LogP contribution < -0.4 is 10.2 Å². The minimum Gasteiger partial charge on any atom is -0.378 e. The largest absolute Gasteiger partial charge is 0.378 e. The maximum atomic E-state index is 4.07. The second-order valence-corrected chi connectivity index (χ2v) is 5.76. The molecule has 0 saturated heterocycles. The monoisotopic (exact) mass is 311 g/mol. The van der Waals surface area contributed by atoms with Crippen LogP contribution in [-0.2, 0) is 6.54 Å². The van der Waals surface area contributed by atoms with E-state index in [2.05, 4.69) is 43.3 Å².